The number of halogens is 6. The predicted octanol–water partition coefficient (Wildman–Crippen LogP) is 13.4. The lowest BCUT2D eigenvalue weighted by Gasteiger charge is -2.26. The van der Waals surface area contributed by atoms with E-state index in [0.717, 1.165) is 31.5 Å². The quantitative estimate of drug-likeness (QED) is 0.146. The molecule has 1 aromatic carbocycles. The van der Waals surface area contributed by atoms with Gasteiger partial charge in [-0.15, -0.1) is 0 Å². The van der Waals surface area contributed by atoms with Crippen LogP contribution in [0, 0.1) is 22.1 Å². The largest absolute Gasteiger partial charge is 0.413 e. The standard InChI is InChI=1S/C8H5Cl2F.C8H10F3N.C8H14O.C8H16.C3H8/c1-2-6-7(9)3-5(11)4-8(6)10;1-5(2)7(4-12)6(3)8(9,10)11;1-8(7-9)5-3-2-4-6-8;1-3-8(2)6-4-5-7-8;1-3-2/h2-4H,1H2;4,12H,1H2,2-3H3;7H,2-6H2,1H3;3-7H2,1-2H3;3H2,1-2H3/b;7-6-,12-4?;;;. The highest BCUT2D eigenvalue weighted by Gasteiger charge is 2.32. The van der Waals surface area contributed by atoms with Gasteiger partial charge in [-0.3, -0.25) is 0 Å². The monoisotopic (exact) mass is 649 g/mol. The van der Waals surface area contributed by atoms with Crippen LogP contribution >= 0.6 is 23.2 Å². The molecule has 0 heterocycles. The van der Waals surface area contributed by atoms with Crippen molar-refractivity contribution in [2.45, 2.75) is 125 Å². The van der Waals surface area contributed by atoms with E-state index in [1.54, 1.807) is 0 Å². The SMILES string of the molecule is C=C(C)/C(C=N)=C(/C)C(F)(F)F.C=Cc1c(Cl)cc(F)cc1Cl.CC1(C=O)CCCCC1.CCC.CCC1(C)CCCC1. The van der Waals surface area contributed by atoms with Gasteiger partial charge in [-0.05, 0) is 62.7 Å². The molecule has 1 aromatic rings. The lowest BCUT2D eigenvalue weighted by atomic mass is 9.77. The van der Waals surface area contributed by atoms with Gasteiger partial charge in [0.15, 0.2) is 0 Å². The number of carbonyl (C=O) groups is 1. The second kappa shape index (κ2) is 21.7. The Labute approximate surface area is 268 Å². The first-order valence-corrected chi connectivity index (χ1v) is 15.8. The maximum Gasteiger partial charge on any atom is 0.413 e. The summed E-state index contributed by atoms with van der Waals surface area (Å²) in [5.74, 6) is -0.439. The van der Waals surface area contributed by atoms with Gasteiger partial charge in [-0.2, -0.15) is 13.2 Å². The molecular weight excluding hydrogens is 597 g/mol. The molecule has 1 N–H and O–H groups in total. The third kappa shape index (κ3) is 17.8. The fraction of sp³-hybridized carbons (Fsp3) is 0.600. The molecule has 0 unspecified atom stereocenters. The van der Waals surface area contributed by atoms with Gasteiger partial charge in [0.1, 0.15) is 12.1 Å². The van der Waals surface area contributed by atoms with Crippen molar-refractivity contribution >= 4 is 41.8 Å². The maximum atomic E-state index is 12.5. The van der Waals surface area contributed by atoms with Crippen molar-refractivity contribution in [2.75, 3.05) is 0 Å². The third-order valence-corrected chi connectivity index (χ3v) is 8.25. The van der Waals surface area contributed by atoms with Crippen LogP contribution in [-0.4, -0.2) is 18.7 Å². The normalized spacial score (nSPS) is 17.0. The molecule has 2 nitrogen and oxygen atoms in total. The molecule has 2 aliphatic carbocycles. The van der Waals surface area contributed by atoms with Crippen LogP contribution in [0.2, 0.25) is 10.0 Å². The molecule has 2 saturated carbocycles. The lowest BCUT2D eigenvalue weighted by molar-refractivity contribution is -0.116. The summed E-state index contributed by atoms with van der Waals surface area (Å²) in [6, 6.07) is 2.40. The van der Waals surface area contributed by atoms with E-state index in [9.17, 15) is 22.4 Å². The fourth-order valence-electron chi connectivity index (χ4n) is 4.51. The summed E-state index contributed by atoms with van der Waals surface area (Å²) >= 11 is 11.3. The summed E-state index contributed by atoms with van der Waals surface area (Å²) in [7, 11) is 0. The zero-order chi connectivity index (χ0) is 33.9. The van der Waals surface area contributed by atoms with Crippen LogP contribution in [0.3, 0.4) is 0 Å². The van der Waals surface area contributed by atoms with Crippen LogP contribution in [0.1, 0.15) is 125 Å². The summed E-state index contributed by atoms with van der Waals surface area (Å²) < 4.78 is 48.7. The molecule has 0 aliphatic heterocycles. The maximum absolute atomic E-state index is 12.5. The minimum atomic E-state index is -4.37. The lowest BCUT2D eigenvalue weighted by Crippen LogP contribution is -2.21. The van der Waals surface area contributed by atoms with Crippen LogP contribution in [0.25, 0.3) is 6.08 Å². The van der Waals surface area contributed by atoms with Crippen molar-refractivity contribution in [3.63, 3.8) is 0 Å². The van der Waals surface area contributed by atoms with Crippen LogP contribution in [-0.2, 0) is 4.79 Å². The Bertz CT molecular complexity index is 1010. The smallest absolute Gasteiger partial charge is 0.308 e. The van der Waals surface area contributed by atoms with Gasteiger partial charge in [0.25, 0.3) is 0 Å². The zero-order valence-corrected chi connectivity index (χ0v) is 28.8. The van der Waals surface area contributed by atoms with Crippen LogP contribution in [0.4, 0.5) is 17.6 Å². The Hall–Kier alpha value is -1.92. The predicted molar refractivity (Wildman–Crippen MR) is 179 cm³/mol. The molecule has 0 spiro atoms. The highest BCUT2D eigenvalue weighted by molar-refractivity contribution is 6.37. The van der Waals surface area contributed by atoms with Crippen LogP contribution in [0.15, 0.2) is 42.0 Å². The highest BCUT2D eigenvalue weighted by Crippen LogP contribution is 2.40. The van der Waals surface area contributed by atoms with Crippen LogP contribution in [0.5, 0.6) is 0 Å². The van der Waals surface area contributed by atoms with Gasteiger partial charge in [0, 0.05) is 28.3 Å². The molecule has 0 aromatic heterocycles. The average Bonchev–Trinajstić information content (AvgIpc) is 3.37. The zero-order valence-electron chi connectivity index (χ0n) is 27.3. The van der Waals surface area contributed by atoms with Gasteiger partial charge in [-0.25, -0.2) is 4.39 Å². The Morgan fingerprint density at radius 1 is 0.953 bits per heavy atom. The van der Waals surface area contributed by atoms with Crippen molar-refractivity contribution in [3.05, 3.63) is 63.4 Å². The second-order valence-corrected chi connectivity index (χ2v) is 12.7. The molecule has 43 heavy (non-hydrogen) atoms. The summed E-state index contributed by atoms with van der Waals surface area (Å²) in [5, 5.41) is 7.32. The van der Waals surface area contributed by atoms with Crippen LogP contribution < -0.4 is 0 Å². The molecule has 2 aliphatic rings. The van der Waals surface area contributed by atoms with Crippen molar-refractivity contribution in [1.82, 2.24) is 0 Å². The van der Waals surface area contributed by atoms with Gasteiger partial charge < -0.3 is 10.2 Å². The molecule has 8 heteroatoms. The van der Waals surface area contributed by atoms with Crippen molar-refractivity contribution in [3.8, 4) is 0 Å². The first kappa shape index (κ1) is 43.2. The third-order valence-electron chi connectivity index (χ3n) is 7.63. The van der Waals surface area contributed by atoms with Crippen molar-refractivity contribution in [1.29, 1.82) is 5.41 Å². The molecule has 0 atom stereocenters. The molecule has 246 valence electrons. The number of alkyl halides is 3. The van der Waals surface area contributed by atoms with Gasteiger partial charge >= 0.3 is 6.18 Å². The summed E-state index contributed by atoms with van der Waals surface area (Å²) in [6.07, 6.45) is 13.5. The van der Waals surface area contributed by atoms with E-state index >= 15 is 0 Å². The summed E-state index contributed by atoms with van der Waals surface area (Å²) in [5.41, 5.74) is 0.667. The molecule has 0 bridgehead atoms. The fourth-order valence-corrected chi connectivity index (χ4v) is 5.13. The van der Waals surface area contributed by atoms with E-state index in [1.807, 2.05) is 0 Å². The van der Waals surface area contributed by atoms with E-state index in [1.165, 1.54) is 82.9 Å². The minimum absolute atomic E-state index is 0.0399. The molecule has 2 fully saturated rings. The van der Waals surface area contributed by atoms with E-state index in [4.69, 9.17) is 28.6 Å². The Balaban J connectivity index is 0. The first-order valence-electron chi connectivity index (χ1n) is 15.1. The van der Waals surface area contributed by atoms with E-state index in [0.29, 0.717) is 11.8 Å². The number of carbonyl (C=O) groups excluding carboxylic acids is 1. The highest BCUT2D eigenvalue weighted by atomic mass is 35.5. The molecule has 3 rings (SSSR count). The molecule has 0 amide bonds. The van der Waals surface area contributed by atoms with E-state index in [-0.39, 0.29) is 26.6 Å². The number of benzene rings is 1. The number of hydrogen-bond acceptors (Lipinski definition) is 2. The van der Waals surface area contributed by atoms with Gasteiger partial charge in [-0.1, -0.05) is 122 Å². The number of allylic oxidation sites excluding steroid dienone is 3. The average molecular weight is 651 g/mol. The van der Waals surface area contributed by atoms with E-state index < -0.39 is 17.6 Å². The number of nitrogens with one attached hydrogen (secondary N) is 1. The Morgan fingerprint density at radius 2 is 1.37 bits per heavy atom. The molecule has 0 radical (unpaired) electrons. The van der Waals surface area contributed by atoms with Gasteiger partial charge in [0.05, 0.1) is 10.0 Å². The first-order chi connectivity index (χ1) is 19.9. The van der Waals surface area contributed by atoms with Crippen molar-refractivity contribution < 1.29 is 22.4 Å². The Kier molecular flexibility index (Phi) is 21.8. The number of rotatable bonds is 5. The number of hydrogen-bond donors (Lipinski definition) is 1. The summed E-state index contributed by atoms with van der Waals surface area (Å²) in [4.78, 5) is 10.5. The second-order valence-electron chi connectivity index (χ2n) is 11.9. The number of aldehydes is 1. The van der Waals surface area contributed by atoms with Crippen molar-refractivity contribution in [2.24, 2.45) is 10.8 Å². The van der Waals surface area contributed by atoms with E-state index in [2.05, 4.69) is 47.8 Å². The van der Waals surface area contributed by atoms with Gasteiger partial charge in [0.2, 0.25) is 0 Å². The molecule has 0 saturated heterocycles. The molecular formula is C35H53Cl2F4NO. The topological polar surface area (TPSA) is 40.9 Å². The Morgan fingerprint density at radius 3 is 1.60 bits per heavy atom. The minimum Gasteiger partial charge on any atom is -0.308 e. The summed E-state index contributed by atoms with van der Waals surface area (Å²) in [6.45, 7) is 20.3.